The van der Waals surface area contributed by atoms with Crippen molar-refractivity contribution in [3.63, 3.8) is 0 Å². The lowest BCUT2D eigenvalue weighted by molar-refractivity contribution is -0.630. The molecule has 4 nitrogen and oxygen atoms in total. The summed E-state index contributed by atoms with van der Waals surface area (Å²) < 4.78 is 5.40. The number of amidine groups is 1. The molecule has 0 radical (unpaired) electrons. The Morgan fingerprint density at radius 3 is 2.28 bits per heavy atom. The van der Waals surface area contributed by atoms with Crippen LogP contribution in [0.2, 0.25) is 0 Å². The van der Waals surface area contributed by atoms with E-state index in [1.165, 1.54) is 105 Å². The molecule has 68 heavy (non-hydrogen) atoms. The maximum absolute atomic E-state index is 4.14. The van der Waals surface area contributed by atoms with Crippen LogP contribution in [0.5, 0.6) is 0 Å². The molecule has 1 fully saturated rings. The van der Waals surface area contributed by atoms with E-state index in [9.17, 15) is 0 Å². The molecular formula is C64H51N4+. The number of aryl methyl sites for hydroxylation is 1. The molecule has 6 atom stereocenters. The zero-order valence-electron chi connectivity index (χ0n) is 38.0. The van der Waals surface area contributed by atoms with E-state index in [4.69, 9.17) is 0 Å². The number of rotatable bonds is 5. The number of allylic oxidation sites excluding steroid dienone is 11. The van der Waals surface area contributed by atoms with E-state index in [-0.39, 0.29) is 30.2 Å². The van der Waals surface area contributed by atoms with Crippen molar-refractivity contribution in [2.24, 2.45) is 11.8 Å². The molecule has 7 aromatic carbocycles. The van der Waals surface area contributed by atoms with Crippen molar-refractivity contribution < 1.29 is 4.58 Å². The fourth-order valence-corrected chi connectivity index (χ4v) is 13.4. The summed E-state index contributed by atoms with van der Waals surface area (Å²) in [4.78, 5) is 2.79. The summed E-state index contributed by atoms with van der Waals surface area (Å²) in [6.07, 6.45) is 36.5. The molecule has 8 aromatic rings. The van der Waals surface area contributed by atoms with Crippen LogP contribution in [-0.4, -0.2) is 27.1 Å². The smallest absolute Gasteiger partial charge is 0.285 e. The Hall–Kier alpha value is -7.69. The number of aromatic nitrogens is 1. The van der Waals surface area contributed by atoms with Crippen LogP contribution in [0.15, 0.2) is 217 Å². The Morgan fingerprint density at radius 1 is 0.632 bits per heavy atom. The highest BCUT2D eigenvalue weighted by Gasteiger charge is 2.48. The third kappa shape index (κ3) is 5.64. The van der Waals surface area contributed by atoms with Gasteiger partial charge in [-0.1, -0.05) is 170 Å². The summed E-state index contributed by atoms with van der Waals surface area (Å²) in [6, 6.07) is 48.8. The summed E-state index contributed by atoms with van der Waals surface area (Å²) in [5.41, 5.74) is 12.4. The van der Waals surface area contributed by atoms with Crippen LogP contribution >= 0.6 is 0 Å². The standard InChI is InChI=1S/C64H50N4/c1-2-21-46(22-3-1)67-63(65-64(67)57-36-44-20-7-9-23-48(44)51-26-12-13-27-52(51)57)45-34-43-19-8-10-24-49(43)59(38-45)68-60-37-42-18-5-4-17-41(42)35-56(60)54-33-31-47(39-61(54)68)66-58-29-15-14-28-53(58)55-32-30-40-16-6-11-25-50(40)62(55)66/h1-13,15-16,18-21,23-27,29-38,41,46-47,54,61,64H,14,17,22,28,39H2/p+1. The van der Waals surface area contributed by atoms with Gasteiger partial charge in [0.2, 0.25) is 0 Å². The van der Waals surface area contributed by atoms with Crippen LogP contribution < -0.4 is 10.2 Å². The van der Waals surface area contributed by atoms with Gasteiger partial charge in [0.1, 0.15) is 6.04 Å². The molecule has 326 valence electrons. The molecular weight excluding hydrogens is 825 g/mol. The molecule has 15 rings (SSSR count). The van der Waals surface area contributed by atoms with E-state index in [2.05, 4.69) is 226 Å². The summed E-state index contributed by atoms with van der Waals surface area (Å²) >= 11 is 0. The van der Waals surface area contributed by atoms with Crippen molar-refractivity contribution in [1.82, 2.24) is 9.88 Å². The van der Waals surface area contributed by atoms with E-state index in [0.29, 0.717) is 5.92 Å². The zero-order valence-corrected chi connectivity index (χ0v) is 38.0. The topological polar surface area (TPSA) is 23.2 Å². The Balaban J connectivity index is 0.922. The minimum absolute atomic E-state index is 0.0160. The van der Waals surface area contributed by atoms with Crippen molar-refractivity contribution in [3.8, 4) is 0 Å². The minimum Gasteiger partial charge on any atom is -0.337 e. The molecule has 6 unspecified atom stereocenters. The van der Waals surface area contributed by atoms with Gasteiger partial charge in [0.05, 0.1) is 22.8 Å². The van der Waals surface area contributed by atoms with Gasteiger partial charge in [0, 0.05) is 57.4 Å². The van der Waals surface area contributed by atoms with Crippen LogP contribution in [0.4, 0.5) is 5.69 Å². The average Bonchev–Trinajstić information content (AvgIpc) is 3.90. The first-order chi connectivity index (χ1) is 33.7. The summed E-state index contributed by atoms with van der Waals surface area (Å²) in [6.45, 7) is 0. The van der Waals surface area contributed by atoms with Crippen LogP contribution in [0.25, 0.3) is 60.1 Å². The van der Waals surface area contributed by atoms with Crippen molar-refractivity contribution in [1.29, 1.82) is 0 Å². The zero-order chi connectivity index (χ0) is 44.5. The van der Waals surface area contributed by atoms with E-state index in [1.807, 2.05) is 0 Å². The van der Waals surface area contributed by atoms with Crippen LogP contribution in [0, 0.1) is 11.8 Å². The van der Waals surface area contributed by atoms with Crippen LogP contribution in [-0.2, 0) is 6.42 Å². The van der Waals surface area contributed by atoms with Crippen molar-refractivity contribution in [2.75, 3.05) is 4.90 Å². The number of nitrogens with zero attached hydrogens (tertiary/aromatic N) is 3. The predicted octanol–water partition coefficient (Wildman–Crippen LogP) is 14.5. The first kappa shape index (κ1) is 38.4. The lowest BCUT2D eigenvalue weighted by atomic mass is 9.79. The lowest BCUT2D eigenvalue weighted by Gasteiger charge is -2.37. The highest BCUT2D eigenvalue weighted by molar-refractivity contribution is 6.11. The Kier molecular flexibility index (Phi) is 8.42. The van der Waals surface area contributed by atoms with Gasteiger partial charge in [-0.25, -0.2) is 9.89 Å². The molecule has 3 heterocycles. The van der Waals surface area contributed by atoms with Gasteiger partial charge in [-0.05, 0) is 111 Å². The second kappa shape index (κ2) is 14.9. The largest absolute Gasteiger partial charge is 0.337 e. The molecule has 1 aromatic heterocycles. The molecule has 1 N–H and O–H groups in total. The maximum Gasteiger partial charge on any atom is 0.285 e. The third-order valence-corrected chi connectivity index (χ3v) is 16.4. The van der Waals surface area contributed by atoms with Crippen molar-refractivity contribution in [3.05, 3.63) is 240 Å². The van der Waals surface area contributed by atoms with Gasteiger partial charge in [0.25, 0.3) is 12.0 Å². The fraction of sp³-hybridized carbons (Fsp3) is 0.172. The quantitative estimate of drug-likeness (QED) is 0.106. The fourth-order valence-electron chi connectivity index (χ4n) is 13.4. The molecule has 0 saturated carbocycles. The number of nitrogens with one attached hydrogen (secondary N) is 1. The van der Waals surface area contributed by atoms with Crippen molar-refractivity contribution >= 4 is 71.6 Å². The molecule has 2 aliphatic heterocycles. The molecule has 0 spiro atoms. The van der Waals surface area contributed by atoms with E-state index < -0.39 is 0 Å². The lowest BCUT2D eigenvalue weighted by Crippen LogP contribution is -2.56. The Labute approximate surface area is 396 Å². The number of benzene rings is 7. The molecule has 0 bridgehead atoms. The van der Waals surface area contributed by atoms with Crippen LogP contribution in [0.1, 0.15) is 60.3 Å². The van der Waals surface area contributed by atoms with Gasteiger partial charge in [0.15, 0.2) is 0 Å². The SMILES string of the molecule is C1=CCC2C=C3C(=CC2=C1)N(c1cc(C2=[N+](C4C=CC=CC4)C(c4cc5ccccc5c5ccccc45)N2)cc2ccccc12)C1CC(n2c4c(c5ccc6ccccc6c52)CCC=C4)C=CC31. The van der Waals surface area contributed by atoms with E-state index >= 15 is 0 Å². The monoisotopic (exact) mass is 875 g/mol. The van der Waals surface area contributed by atoms with Gasteiger partial charge >= 0.3 is 0 Å². The second-order valence-corrected chi connectivity index (χ2v) is 20.0. The van der Waals surface area contributed by atoms with E-state index in [0.717, 1.165) is 32.1 Å². The second-order valence-electron chi connectivity index (χ2n) is 20.0. The van der Waals surface area contributed by atoms with Crippen LogP contribution in [0.3, 0.4) is 0 Å². The maximum atomic E-state index is 4.14. The number of fused-ring (bicyclic) bond motifs is 13. The third-order valence-electron chi connectivity index (χ3n) is 16.4. The normalized spacial score (nSPS) is 24.5. The van der Waals surface area contributed by atoms with Gasteiger partial charge in [-0.3, -0.25) is 0 Å². The number of hydrogen-bond acceptors (Lipinski definition) is 2. The molecule has 1 saturated heterocycles. The summed E-state index contributed by atoms with van der Waals surface area (Å²) in [5.74, 6) is 1.89. The number of hydrogen-bond donors (Lipinski definition) is 1. The Bertz CT molecular complexity index is 3800. The van der Waals surface area contributed by atoms with Crippen molar-refractivity contribution in [2.45, 2.75) is 56.4 Å². The number of anilines is 1. The highest BCUT2D eigenvalue weighted by atomic mass is 15.4. The Morgan fingerprint density at radius 2 is 1.41 bits per heavy atom. The molecule has 4 heteroatoms. The minimum atomic E-state index is 0.0160. The first-order valence-electron chi connectivity index (χ1n) is 24.9. The molecule has 0 amide bonds. The summed E-state index contributed by atoms with van der Waals surface area (Å²) in [7, 11) is 0. The van der Waals surface area contributed by atoms with Gasteiger partial charge < -0.3 is 9.47 Å². The molecule has 5 aliphatic carbocycles. The van der Waals surface area contributed by atoms with Gasteiger partial charge in [-0.15, -0.1) is 0 Å². The summed E-state index contributed by atoms with van der Waals surface area (Å²) in [5, 5.41) is 16.0. The first-order valence-corrected chi connectivity index (χ1v) is 24.9. The highest BCUT2D eigenvalue weighted by Crippen LogP contribution is 2.53. The predicted molar refractivity (Wildman–Crippen MR) is 283 cm³/mol. The molecule has 7 aliphatic rings. The van der Waals surface area contributed by atoms with E-state index in [1.54, 1.807) is 0 Å². The average molecular weight is 876 g/mol. The van der Waals surface area contributed by atoms with Gasteiger partial charge in [-0.2, -0.15) is 0 Å².